The fraction of sp³-hybridized carbons (Fsp3) is 0.333. The molecule has 2 atom stereocenters. The molecule has 1 aliphatic rings. The molecule has 3 nitrogen and oxygen atoms in total. The predicted octanol–water partition coefficient (Wildman–Crippen LogP) is 2.60. The second-order valence-electron chi connectivity index (χ2n) is 3.07. The third kappa shape index (κ3) is 1.99. The Balaban J connectivity index is 2.18. The minimum Gasteiger partial charge on any atom is -0.306 e. The summed E-state index contributed by atoms with van der Waals surface area (Å²) in [5.41, 5.74) is 1.02. The van der Waals surface area contributed by atoms with Crippen molar-refractivity contribution in [2.75, 3.05) is 13.3 Å². The molecule has 13 heavy (non-hydrogen) atoms. The highest BCUT2D eigenvalue weighted by molar-refractivity contribution is 7.53. The molecule has 4 heteroatoms. The Kier molecular flexibility index (Phi) is 2.24. The summed E-state index contributed by atoms with van der Waals surface area (Å²) in [5.74, 6) is 0. The molecule has 1 heterocycles. The quantitative estimate of drug-likeness (QED) is 0.650. The standard InChI is InChI=1S/C9H11O3P/c1-13(10)11-7-9(12-13)8-5-3-2-4-6-8/h2-6,9H,7H2,1H3. The molecular weight excluding hydrogens is 187 g/mol. The molecule has 70 valence electrons. The van der Waals surface area contributed by atoms with Crippen molar-refractivity contribution in [2.45, 2.75) is 6.10 Å². The molecule has 1 saturated heterocycles. The molecule has 1 aromatic rings. The van der Waals surface area contributed by atoms with Gasteiger partial charge >= 0.3 is 7.60 Å². The van der Waals surface area contributed by atoms with Crippen molar-refractivity contribution >= 4 is 7.60 Å². The Hall–Kier alpha value is -0.630. The predicted molar refractivity (Wildman–Crippen MR) is 49.8 cm³/mol. The van der Waals surface area contributed by atoms with E-state index in [-0.39, 0.29) is 6.10 Å². The normalized spacial score (nSPS) is 33.5. The molecular formula is C9H11O3P. The Morgan fingerprint density at radius 2 is 2.08 bits per heavy atom. The van der Waals surface area contributed by atoms with Gasteiger partial charge in [-0.3, -0.25) is 9.09 Å². The average molecular weight is 198 g/mol. The van der Waals surface area contributed by atoms with Gasteiger partial charge in [-0.2, -0.15) is 0 Å². The largest absolute Gasteiger partial charge is 0.328 e. The maximum absolute atomic E-state index is 11.4. The topological polar surface area (TPSA) is 35.5 Å². The van der Waals surface area contributed by atoms with Gasteiger partial charge in [0.15, 0.2) is 0 Å². The SMILES string of the molecule is CP1(=O)OCC(c2ccccc2)O1. The second-order valence-corrected chi connectivity index (χ2v) is 5.08. The molecule has 0 spiro atoms. The summed E-state index contributed by atoms with van der Waals surface area (Å²) >= 11 is 0. The van der Waals surface area contributed by atoms with E-state index in [2.05, 4.69) is 0 Å². The lowest BCUT2D eigenvalue weighted by molar-refractivity contribution is 0.241. The number of rotatable bonds is 1. The lowest BCUT2D eigenvalue weighted by Gasteiger charge is -2.07. The second kappa shape index (κ2) is 3.26. The highest BCUT2D eigenvalue weighted by Gasteiger charge is 2.32. The number of benzene rings is 1. The fourth-order valence-corrected chi connectivity index (χ4v) is 2.43. The molecule has 1 aromatic carbocycles. The van der Waals surface area contributed by atoms with E-state index in [0.29, 0.717) is 6.61 Å². The molecule has 0 bridgehead atoms. The van der Waals surface area contributed by atoms with Gasteiger partial charge in [0.1, 0.15) is 6.10 Å². The van der Waals surface area contributed by atoms with Crippen LogP contribution in [-0.2, 0) is 13.6 Å². The molecule has 1 aliphatic heterocycles. The molecule has 1 fully saturated rings. The van der Waals surface area contributed by atoms with Crippen molar-refractivity contribution < 1.29 is 13.6 Å². The Morgan fingerprint density at radius 3 is 2.62 bits per heavy atom. The molecule has 0 saturated carbocycles. The van der Waals surface area contributed by atoms with Crippen LogP contribution in [0.3, 0.4) is 0 Å². The zero-order valence-corrected chi connectivity index (χ0v) is 8.24. The van der Waals surface area contributed by atoms with E-state index >= 15 is 0 Å². The van der Waals surface area contributed by atoms with Crippen molar-refractivity contribution in [3.63, 3.8) is 0 Å². The zero-order valence-electron chi connectivity index (χ0n) is 7.34. The van der Waals surface area contributed by atoms with Crippen LogP contribution in [0.1, 0.15) is 11.7 Å². The smallest absolute Gasteiger partial charge is 0.306 e. The minimum atomic E-state index is -2.76. The fourth-order valence-electron chi connectivity index (χ4n) is 1.32. The first-order chi connectivity index (χ1) is 6.17. The van der Waals surface area contributed by atoms with E-state index in [4.69, 9.17) is 9.05 Å². The van der Waals surface area contributed by atoms with Crippen molar-refractivity contribution in [1.29, 1.82) is 0 Å². The van der Waals surface area contributed by atoms with Crippen molar-refractivity contribution in [3.05, 3.63) is 35.9 Å². The van der Waals surface area contributed by atoms with Gasteiger partial charge in [0.25, 0.3) is 0 Å². The molecule has 2 unspecified atom stereocenters. The van der Waals surface area contributed by atoms with E-state index in [1.165, 1.54) is 6.66 Å². The molecule has 0 N–H and O–H groups in total. The molecule has 2 rings (SSSR count). The molecule has 0 aliphatic carbocycles. The van der Waals surface area contributed by atoms with Gasteiger partial charge in [-0.15, -0.1) is 0 Å². The van der Waals surface area contributed by atoms with Gasteiger partial charge in [0.2, 0.25) is 0 Å². The third-order valence-electron chi connectivity index (χ3n) is 1.95. The summed E-state index contributed by atoms with van der Waals surface area (Å²) in [6, 6.07) is 9.68. The Morgan fingerprint density at radius 1 is 1.38 bits per heavy atom. The first-order valence-electron chi connectivity index (χ1n) is 4.13. The van der Waals surface area contributed by atoms with Crippen LogP contribution in [0.2, 0.25) is 0 Å². The van der Waals surface area contributed by atoms with Crippen LogP contribution in [0.25, 0.3) is 0 Å². The van der Waals surface area contributed by atoms with Crippen LogP contribution in [-0.4, -0.2) is 13.3 Å². The van der Waals surface area contributed by atoms with Crippen LogP contribution in [0.5, 0.6) is 0 Å². The Labute approximate surface area is 77.2 Å². The third-order valence-corrected chi connectivity index (χ3v) is 3.21. The van der Waals surface area contributed by atoms with Crippen LogP contribution in [0.15, 0.2) is 30.3 Å². The van der Waals surface area contributed by atoms with E-state index in [0.717, 1.165) is 5.56 Å². The maximum atomic E-state index is 11.4. The number of hydrogen-bond acceptors (Lipinski definition) is 3. The van der Waals surface area contributed by atoms with Crippen LogP contribution in [0.4, 0.5) is 0 Å². The van der Waals surface area contributed by atoms with Crippen molar-refractivity contribution in [2.24, 2.45) is 0 Å². The average Bonchev–Trinajstić information content (AvgIpc) is 2.48. The van der Waals surface area contributed by atoms with Gasteiger partial charge in [0, 0.05) is 6.66 Å². The minimum absolute atomic E-state index is 0.169. The highest BCUT2D eigenvalue weighted by atomic mass is 31.2. The van der Waals surface area contributed by atoms with E-state index in [1.807, 2.05) is 30.3 Å². The van der Waals surface area contributed by atoms with Crippen molar-refractivity contribution in [1.82, 2.24) is 0 Å². The molecule has 0 aromatic heterocycles. The van der Waals surface area contributed by atoms with Crippen molar-refractivity contribution in [3.8, 4) is 0 Å². The Bertz CT molecular complexity index is 336. The van der Waals surface area contributed by atoms with Crippen LogP contribution in [0, 0.1) is 0 Å². The van der Waals surface area contributed by atoms with Gasteiger partial charge in [0.05, 0.1) is 6.61 Å². The van der Waals surface area contributed by atoms with Gasteiger partial charge < -0.3 is 4.52 Å². The molecule has 0 amide bonds. The monoisotopic (exact) mass is 198 g/mol. The number of hydrogen-bond donors (Lipinski definition) is 0. The van der Waals surface area contributed by atoms with Gasteiger partial charge in [-0.05, 0) is 5.56 Å². The summed E-state index contributed by atoms with van der Waals surface area (Å²) in [5, 5.41) is 0. The lowest BCUT2D eigenvalue weighted by Crippen LogP contribution is -1.97. The lowest BCUT2D eigenvalue weighted by atomic mass is 10.1. The van der Waals surface area contributed by atoms with Gasteiger partial charge in [-0.25, -0.2) is 0 Å². The van der Waals surface area contributed by atoms with E-state index < -0.39 is 7.60 Å². The van der Waals surface area contributed by atoms with Crippen LogP contribution < -0.4 is 0 Å². The summed E-state index contributed by atoms with van der Waals surface area (Å²) in [6.45, 7) is 1.88. The first-order valence-corrected chi connectivity index (χ1v) is 6.12. The zero-order chi connectivity index (χ0) is 9.31. The highest BCUT2D eigenvalue weighted by Crippen LogP contribution is 2.54. The van der Waals surface area contributed by atoms with E-state index in [9.17, 15) is 4.57 Å². The first kappa shape index (κ1) is 8.95. The van der Waals surface area contributed by atoms with E-state index in [1.54, 1.807) is 0 Å². The summed E-state index contributed by atoms with van der Waals surface area (Å²) < 4.78 is 21.7. The molecule has 0 radical (unpaired) electrons. The summed E-state index contributed by atoms with van der Waals surface area (Å²) in [6.07, 6.45) is -0.169. The summed E-state index contributed by atoms with van der Waals surface area (Å²) in [7, 11) is -2.76. The van der Waals surface area contributed by atoms with Crippen LogP contribution >= 0.6 is 7.60 Å². The van der Waals surface area contributed by atoms with Gasteiger partial charge in [-0.1, -0.05) is 30.3 Å². The summed E-state index contributed by atoms with van der Waals surface area (Å²) in [4.78, 5) is 0. The maximum Gasteiger partial charge on any atom is 0.328 e.